The molecule has 4 nitrogen and oxygen atoms in total. The van der Waals surface area contributed by atoms with Crippen LogP contribution in [-0.4, -0.2) is 22.9 Å². The number of fused-ring (bicyclic) bond motifs is 1. The highest BCUT2D eigenvalue weighted by Crippen LogP contribution is 2.29. The van der Waals surface area contributed by atoms with E-state index in [1.54, 1.807) is 6.21 Å². The third-order valence-corrected chi connectivity index (χ3v) is 5.55. The summed E-state index contributed by atoms with van der Waals surface area (Å²) in [6.07, 6.45) is 1.67. The number of pyridine rings is 1. The number of carbonyl (C=O) groups is 1. The number of nitrogens with one attached hydrogen (secondary N) is 1. The lowest BCUT2D eigenvalue weighted by molar-refractivity contribution is -0.118. The third kappa shape index (κ3) is 4.98. The summed E-state index contributed by atoms with van der Waals surface area (Å²) in [6.45, 7) is 8.36. The highest BCUT2D eigenvalue weighted by Gasteiger charge is 2.09. The lowest BCUT2D eigenvalue weighted by Gasteiger charge is -2.09. The molecule has 0 radical (unpaired) electrons. The fourth-order valence-electron chi connectivity index (χ4n) is 2.92. The minimum atomic E-state index is -0.129. The van der Waals surface area contributed by atoms with Crippen LogP contribution in [0.3, 0.4) is 0 Å². The van der Waals surface area contributed by atoms with Gasteiger partial charge in [-0.05, 0) is 42.5 Å². The fraction of sp³-hybridized carbons (Fsp3) is 0.261. The van der Waals surface area contributed by atoms with Crippen LogP contribution in [0, 0.1) is 13.8 Å². The van der Waals surface area contributed by atoms with Crippen molar-refractivity contribution in [3.8, 4) is 0 Å². The highest BCUT2D eigenvalue weighted by atomic mass is 32.2. The zero-order chi connectivity index (χ0) is 20.1. The lowest BCUT2D eigenvalue weighted by Crippen LogP contribution is -2.19. The Morgan fingerprint density at radius 2 is 1.93 bits per heavy atom. The van der Waals surface area contributed by atoms with Crippen molar-refractivity contribution >= 4 is 34.8 Å². The van der Waals surface area contributed by atoms with Crippen molar-refractivity contribution in [1.82, 2.24) is 10.4 Å². The van der Waals surface area contributed by atoms with E-state index < -0.39 is 0 Å². The van der Waals surface area contributed by atoms with Gasteiger partial charge in [-0.15, -0.1) is 11.8 Å². The van der Waals surface area contributed by atoms with Gasteiger partial charge in [-0.2, -0.15) is 5.10 Å². The summed E-state index contributed by atoms with van der Waals surface area (Å²) in [4.78, 5) is 17.9. The first-order valence-corrected chi connectivity index (χ1v) is 10.3. The number of rotatable bonds is 6. The maximum Gasteiger partial charge on any atom is 0.250 e. The summed E-state index contributed by atoms with van der Waals surface area (Å²) >= 11 is 1.51. The van der Waals surface area contributed by atoms with Crippen molar-refractivity contribution in [3.05, 3.63) is 70.9 Å². The highest BCUT2D eigenvalue weighted by molar-refractivity contribution is 8.00. The Morgan fingerprint density at radius 1 is 1.18 bits per heavy atom. The molecule has 0 spiro atoms. The average molecular weight is 392 g/mol. The van der Waals surface area contributed by atoms with Crippen LogP contribution in [0.25, 0.3) is 10.9 Å². The number of benzene rings is 2. The first-order valence-electron chi connectivity index (χ1n) is 9.35. The summed E-state index contributed by atoms with van der Waals surface area (Å²) in [5.41, 5.74) is 7.94. The smallest absolute Gasteiger partial charge is 0.250 e. The number of carbonyl (C=O) groups excluding carboxylic acids is 1. The summed E-state index contributed by atoms with van der Waals surface area (Å²) in [6, 6.07) is 16.3. The van der Waals surface area contributed by atoms with Crippen molar-refractivity contribution in [3.63, 3.8) is 0 Å². The molecule has 0 atom stereocenters. The summed E-state index contributed by atoms with van der Waals surface area (Å²) in [5, 5.41) is 5.15. The molecule has 0 aliphatic carbocycles. The average Bonchev–Trinajstić information content (AvgIpc) is 2.67. The van der Waals surface area contributed by atoms with Crippen LogP contribution in [0.15, 0.2) is 58.5 Å². The van der Waals surface area contributed by atoms with E-state index in [-0.39, 0.29) is 5.91 Å². The summed E-state index contributed by atoms with van der Waals surface area (Å²) < 4.78 is 0. The number of amides is 1. The normalized spacial score (nSPS) is 11.5. The second-order valence-electron chi connectivity index (χ2n) is 7.14. The molecule has 0 unspecified atom stereocenters. The van der Waals surface area contributed by atoms with Gasteiger partial charge in [0.1, 0.15) is 0 Å². The number of thioether (sulfide) groups is 1. The maximum absolute atomic E-state index is 12.2. The minimum Gasteiger partial charge on any atom is -0.272 e. The van der Waals surface area contributed by atoms with Crippen molar-refractivity contribution in [2.45, 2.75) is 38.5 Å². The Balaban J connectivity index is 1.60. The zero-order valence-corrected chi connectivity index (χ0v) is 17.5. The van der Waals surface area contributed by atoms with E-state index in [1.165, 1.54) is 17.3 Å². The van der Waals surface area contributed by atoms with Gasteiger partial charge < -0.3 is 0 Å². The molecule has 3 rings (SSSR count). The van der Waals surface area contributed by atoms with Crippen LogP contribution >= 0.6 is 11.8 Å². The van der Waals surface area contributed by atoms with E-state index in [4.69, 9.17) is 0 Å². The Bertz CT molecular complexity index is 1010. The van der Waals surface area contributed by atoms with Crippen molar-refractivity contribution in [2.75, 3.05) is 5.75 Å². The molecule has 5 heteroatoms. The largest absolute Gasteiger partial charge is 0.272 e. The molecule has 0 saturated carbocycles. The molecule has 28 heavy (non-hydrogen) atoms. The predicted molar refractivity (Wildman–Crippen MR) is 118 cm³/mol. The number of para-hydroxylation sites is 1. The molecule has 144 valence electrons. The first-order chi connectivity index (χ1) is 13.4. The van der Waals surface area contributed by atoms with Gasteiger partial charge in [0.25, 0.3) is 0 Å². The quantitative estimate of drug-likeness (QED) is 0.356. The van der Waals surface area contributed by atoms with E-state index in [2.05, 4.69) is 54.5 Å². The molecule has 1 aromatic heterocycles. The second kappa shape index (κ2) is 9.02. The van der Waals surface area contributed by atoms with Gasteiger partial charge in [0.05, 0.1) is 17.5 Å². The predicted octanol–water partition coefficient (Wildman–Crippen LogP) is 5.22. The Hall–Kier alpha value is -2.66. The Kier molecular flexibility index (Phi) is 6.47. The zero-order valence-electron chi connectivity index (χ0n) is 16.7. The van der Waals surface area contributed by atoms with Crippen molar-refractivity contribution < 1.29 is 4.79 Å². The number of aromatic nitrogens is 1. The second-order valence-corrected chi connectivity index (χ2v) is 8.15. The molecule has 0 aliphatic heterocycles. The molecule has 0 fully saturated rings. The van der Waals surface area contributed by atoms with Crippen LogP contribution in [0.5, 0.6) is 0 Å². The van der Waals surface area contributed by atoms with E-state index >= 15 is 0 Å². The lowest BCUT2D eigenvalue weighted by atomic mass is 10.0. The number of aryl methyl sites for hydroxylation is 2. The molecule has 3 aromatic rings. The van der Waals surface area contributed by atoms with E-state index in [9.17, 15) is 4.79 Å². The van der Waals surface area contributed by atoms with Crippen molar-refractivity contribution in [1.29, 1.82) is 0 Å². The van der Waals surface area contributed by atoms with Gasteiger partial charge in [0.2, 0.25) is 5.91 Å². The molecular formula is C23H25N3OS. The fourth-order valence-corrected chi connectivity index (χ4v) is 3.85. The van der Waals surface area contributed by atoms with E-state index in [0.29, 0.717) is 11.7 Å². The molecule has 0 aliphatic rings. The number of hydrogen-bond acceptors (Lipinski definition) is 4. The first kappa shape index (κ1) is 20.1. The number of hydrazone groups is 1. The van der Waals surface area contributed by atoms with Crippen LogP contribution < -0.4 is 5.43 Å². The molecule has 1 N–H and O–H groups in total. The maximum atomic E-state index is 12.2. The van der Waals surface area contributed by atoms with Gasteiger partial charge in [-0.3, -0.25) is 9.78 Å². The van der Waals surface area contributed by atoms with Gasteiger partial charge in [0.15, 0.2) is 0 Å². The SMILES string of the molecule is Cc1cc(SCC(=O)N/N=C\c2ccc(C(C)C)cc2)c2cccc(C)c2n1. The van der Waals surface area contributed by atoms with Gasteiger partial charge in [-0.25, -0.2) is 5.43 Å². The van der Waals surface area contributed by atoms with E-state index in [1.807, 2.05) is 37.3 Å². The van der Waals surface area contributed by atoms with Crippen LogP contribution in [0.4, 0.5) is 0 Å². The molecule has 0 saturated heterocycles. The van der Waals surface area contributed by atoms with Gasteiger partial charge in [0, 0.05) is 16.0 Å². The van der Waals surface area contributed by atoms with Gasteiger partial charge >= 0.3 is 0 Å². The van der Waals surface area contributed by atoms with Crippen LogP contribution in [-0.2, 0) is 4.79 Å². The van der Waals surface area contributed by atoms with Crippen molar-refractivity contribution in [2.24, 2.45) is 5.10 Å². The summed E-state index contributed by atoms with van der Waals surface area (Å²) in [5.74, 6) is 0.672. The van der Waals surface area contributed by atoms with Gasteiger partial charge in [-0.1, -0.05) is 56.3 Å². The van der Waals surface area contributed by atoms with Crippen LogP contribution in [0.2, 0.25) is 0 Å². The Morgan fingerprint density at radius 3 is 2.64 bits per heavy atom. The molecule has 0 bridgehead atoms. The molecular weight excluding hydrogens is 366 g/mol. The molecule has 2 aromatic carbocycles. The number of nitrogens with zero attached hydrogens (tertiary/aromatic N) is 2. The minimum absolute atomic E-state index is 0.129. The van der Waals surface area contributed by atoms with Crippen LogP contribution in [0.1, 0.15) is 42.1 Å². The monoisotopic (exact) mass is 391 g/mol. The topological polar surface area (TPSA) is 54.4 Å². The third-order valence-electron chi connectivity index (χ3n) is 4.50. The Labute approximate surface area is 170 Å². The van der Waals surface area contributed by atoms with E-state index in [0.717, 1.165) is 32.6 Å². The molecule has 1 heterocycles. The number of hydrogen-bond donors (Lipinski definition) is 1. The summed E-state index contributed by atoms with van der Waals surface area (Å²) in [7, 11) is 0. The molecule has 1 amide bonds. The standard InChI is InChI=1S/C23H25N3OS/c1-15(2)19-10-8-18(9-11-19)13-24-26-22(27)14-28-21-12-17(4)25-23-16(3)6-5-7-20(21)23/h5-13,15H,14H2,1-4H3,(H,26,27)/b24-13-.